The SMILES string of the molecule is COCCOCCCCNc1ccc([N+](=O)[O-])nc1. The lowest BCUT2D eigenvalue weighted by atomic mass is 10.3. The van der Waals surface area contributed by atoms with Gasteiger partial charge in [0.1, 0.15) is 0 Å². The summed E-state index contributed by atoms with van der Waals surface area (Å²) in [5.41, 5.74) is 0.783. The maximum absolute atomic E-state index is 10.4. The molecule has 1 aromatic heterocycles. The van der Waals surface area contributed by atoms with Crippen LogP contribution in [-0.2, 0) is 9.47 Å². The number of aromatic nitrogens is 1. The van der Waals surface area contributed by atoms with Crippen molar-refractivity contribution < 1.29 is 14.4 Å². The molecule has 0 atom stereocenters. The van der Waals surface area contributed by atoms with Crippen LogP contribution in [0.2, 0.25) is 0 Å². The zero-order chi connectivity index (χ0) is 13.9. The monoisotopic (exact) mass is 269 g/mol. The summed E-state index contributed by atoms with van der Waals surface area (Å²) in [7, 11) is 1.64. The normalized spacial score (nSPS) is 10.4. The number of nitro groups is 1. The summed E-state index contributed by atoms with van der Waals surface area (Å²) < 4.78 is 10.2. The fourth-order valence-electron chi connectivity index (χ4n) is 1.40. The highest BCUT2D eigenvalue weighted by Crippen LogP contribution is 2.11. The van der Waals surface area contributed by atoms with E-state index in [0.29, 0.717) is 19.8 Å². The predicted octanol–water partition coefficient (Wildman–Crippen LogP) is 1.84. The van der Waals surface area contributed by atoms with Gasteiger partial charge in [0.2, 0.25) is 0 Å². The molecule has 1 N–H and O–H groups in total. The number of hydrogen-bond donors (Lipinski definition) is 1. The second-order valence-corrected chi connectivity index (χ2v) is 3.90. The van der Waals surface area contributed by atoms with Crippen LogP contribution in [0, 0.1) is 10.1 Å². The van der Waals surface area contributed by atoms with Crippen molar-refractivity contribution >= 4 is 11.5 Å². The first kappa shape index (κ1) is 15.3. The molecule has 19 heavy (non-hydrogen) atoms. The number of hydrogen-bond acceptors (Lipinski definition) is 6. The maximum Gasteiger partial charge on any atom is 0.363 e. The highest BCUT2D eigenvalue weighted by molar-refractivity contribution is 5.43. The molecular weight excluding hydrogens is 250 g/mol. The summed E-state index contributed by atoms with van der Waals surface area (Å²) in [6.07, 6.45) is 3.38. The van der Waals surface area contributed by atoms with Gasteiger partial charge in [-0.3, -0.25) is 0 Å². The van der Waals surface area contributed by atoms with Crippen LogP contribution in [0.3, 0.4) is 0 Å². The highest BCUT2D eigenvalue weighted by Gasteiger charge is 2.05. The lowest BCUT2D eigenvalue weighted by Gasteiger charge is -2.05. The van der Waals surface area contributed by atoms with Crippen molar-refractivity contribution in [3.05, 3.63) is 28.4 Å². The van der Waals surface area contributed by atoms with E-state index in [2.05, 4.69) is 10.3 Å². The summed E-state index contributed by atoms with van der Waals surface area (Å²) in [5.74, 6) is -0.142. The summed E-state index contributed by atoms with van der Waals surface area (Å²) in [6.45, 7) is 2.74. The minimum Gasteiger partial charge on any atom is -0.382 e. The fourth-order valence-corrected chi connectivity index (χ4v) is 1.40. The van der Waals surface area contributed by atoms with E-state index in [9.17, 15) is 10.1 Å². The third kappa shape index (κ3) is 6.68. The summed E-state index contributed by atoms with van der Waals surface area (Å²) in [6, 6.07) is 3.04. The molecule has 0 spiro atoms. The Morgan fingerprint density at radius 1 is 1.32 bits per heavy atom. The number of ether oxygens (including phenoxy) is 2. The molecular formula is C12H19N3O4. The van der Waals surface area contributed by atoms with E-state index >= 15 is 0 Å². The molecule has 0 amide bonds. The smallest absolute Gasteiger partial charge is 0.363 e. The van der Waals surface area contributed by atoms with Crippen molar-refractivity contribution in [3.63, 3.8) is 0 Å². The van der Waals surface area contributed by atoms with E-state index < -0.39 is 4.92 Å². The number of anilines is 1. The van der Waals surface area contributed by atoms with Gasteiger partial charge in [-0.15, -0.1) is 0 Å². The summed E-state index contributed by atoms with van der Waals surface area (Å²) in [5, 5.41) is 13.6. The Labute approximate surface area is 112 Å². The van der Waals surface area contributed by atoms with Gasteiger partial charge in [-0.05, 0) is 28.8 Å². The quantitative estimate of drug-likeness (QED) is 0.396. The maximum atomic E-state index is 10.4. The molecule has 7 nitrogen and oxygen atoms in total. The van der Waals surface area contributed by atoms with Gasteiger partial charge in [0, 0.05) is 26.3 Å². The van der Waals surface area contributed by atoms with Crippen molar-refractivity contribution in [2.75, 3.05) is 38.8 Å². The van der Waals surface area contributed by atoms with E-state index in [-0.39, 0.29) is 5.82 Å². The lowest BCUT2D eigenvalue weighted by Crippen LogP contribution is -2.06. The molecule has 0 saturated heterocycles. The number of methoxy groups -OCH3 is 1. The van der Waals surface area contributed by atoms with E-state index in [1.165, 1.54) is 12.3 Å². The Morgan fingerprint density at radius 2 is 2.16 bits per heavy atom. The lowest BCUT2D eigenvalue weighted by molar-refractivity contribution is -0.389. The second kappa shape index (κ2) is 9.23. The van der Waals surface area contributed by atoms with Crippen LogP contribution in [0.4, 0.5) is 11.5 Å². The van der Waals surface area contributed by atoms with Crippen molar-refractivity contribution in [3.8, 4) is 0 Å². The molecule has 0 radical (unpaired) electrons. The molecule has 0 aliphatic heterocycles. The molecule has 0 unspecified atom stereocenters. The summed E-state index contributed by atoms with van der Waals surface area (Å²) in [4.78, 5) is 13.6. The molecule has 1 aromatic rings. The third-order valence-corrected chi connectivity index (χ3v) is 2.41. The Kier molecular flexibility index (Phi) is 7.45. The molecule has 0 bridgehead atoms. The van der Waals surface area contributed by atoms with E-state index in [1.54, 1.807) is 13.2 Å². The molecule has 0 aliphatic rings. The van der Waals surface area contributed by atoms with Gasteiger partial charge < -0.3 is 24.9 Å². The van der Waals surface area contributed by atoms with Crippen LogP contribution >= 0.6 is 0 Å². The van der Waals surface area contributed by atoms with Gasteiger partial charge in [0.15, 0.2) is 6.20 Å². The van der Waals surface area contributed by atoms with Crippen molar-refractivity contribution in [1.29, 1.82) is 0 Å². The van der Waals surface area contributed by atoms with Crippen LogP contribution in [0.5, 0.6) is 0 Å². The molecule has 0 saturated carbocycles. The Hall–Kier alpha value is -1.73. The van der Waals surface area contributed by atoms with Crippen molar-refractivity contribution in [2.45, 2.75) is 12.8 Å². The Morgan fingerprint density at radius 3 is 2.79 bits per heavy atom. The molecule has 0 fully saturated rings. The highest BCUT2D eigenvalue weighted by atomic mass is 16.6. The average Bonchev–Trinajstić information content (AvgIpc) is 2.42. The zero-order valence-electron chi connectivity index (χ0n) is 11.0. The average molecular weight is 269 g/mol. The molecule has 7 heteroatoms. The minimum absolute atomic E-state index is 0.142. The van der Waals surface area contributed by atoms with Gasteiger partial charge in [-0.2, -0.15) is 0 Å². The molecule has 0 aromatic carbocycles. The minimum atomic E-state index is -0.513. The standard InChI is InChI=1S/C12H19N3O4/c1-18-8-9-19-7-3-2-6-13-11-4-5-12(14-10-11)15(16)17/h4-5,10,13H,2-3,6-9H2,1H3. The number of nitrogens with one attached hydrogen (secondary N) is 1. The zero-order valence-corrected chi connectivity index (χ0v) is 11.0. The fraction of sp³-hybridized carbons (Fsp3) is 0.583. The number of pyridine rings is 1. The first-order valence-corrected chi connectivity index (χ1v) is 6.15. The summed E-state index contributed by atoms with van der Waals surface area (Å²) >= 11 is 0. The number of nitrogens with zero attached hydrogens (tertiary/aromatic N) is 2. The molecule has 106 valence electrons. The van der Waals surface area contributed by atoms with Crippen LogP contribution in [0.1, 0.15) is 12.8 Å². The van der Waals surface area contributed by atoms with Gasteiger partial charge in [0.05, 0.1) is 18.9 Å². The molecule has 1 heterocycles. The first-order chi connectivity index (χ1) is 9.24. The van der Waals surface area contributed by atoms with Crippen LogP contribution < -0.4 is 5.32 Å². The largest absolute Gasteiger partial charge is 0.382 e. The number of rotatable bonds is 10. The second-order valence-electron chi connectivity index (χ2n) is 3.90. The van der Waals surface area contributed by atoms with E-state index in [4.69, 9.17) is 9.47 Å². The number of unbranched alkanes of at least 4 members (excludes halogenated alkanes) is 1. The van der Waals surface area contributed by atoms with Crippen LogP contribution in [-0.4, -0.2) is 43.4 Å². The Balaban J connectivity index is 2.07. The van der Waals surface area contributed by atoms with Crippen LogP contribution in [0.15, 0.2) is 18.3 Å². The predicted molar refractivity (Wildman–Crippen MR) is 71.3 cm³/mol. The van der Waals surface area contributed by atoms with E-state index in [0.717, 1.165) is 25.1 Å². The molecule has 1 rings (SSSR count). The van der Waals surface area contributed by atoms with E-state index in [1.807, 2.05) is 0 Å². The van der Waals surface area contributed by atoms with Crippen molar-refractivity contribution in [2.24, 2.45) is 0 Å². The van der Waals surface area contributed by atoms with Crippen LogP contribution in [0.25, 0.3) is 0 Å². The Bertz CT molecular complexity index is 370. The van der Waals surface area contributed by atoms with Gasteiger partial charge >= 0.3 is 5.82 Å². The van der Waals surface area contributed by atoms with Gasteiger partial charge in [0.25, 0.3) is 0 Å². The topological polar surface area (TPSA) is 86.5 Å². The molecule has 0 aliphatic carbocycles. The van der Waals surface area contributed by atoms with Gasteiger partial charge in [-0.1, -0.05) is 0 Å². The van der Waals surface area contributed by atoms with Crippen molar-refractivity contribution in [1.82, 2.24) is 4.98 Å². The first-order valence-electron chi connectivity index (χ1n) is 6.15. The third-order valence-electron chi connectivity index (χ3n) is 2.41. The van der Waals surface area contributed by atoms with Gasteiger partial charge in [-0.25, -0.2) is 0 Å².